The van der Waals surface area contributed by atoms with Crippen molar-refractivity contribution in [1.82, 2.24) is 0 Å². The van der Waals surface area contributed by atoms with Crippen LogP contribution in [0.2, 0.25) is 0 Å². The maximum absolute atomic E-state index is 13.1. The Morgan fingerprint density at radius 2 is 2.13 bits per heavy atom. The van der Waals surface area contributed by atoms with Crippen LogP contribution in [0.1, 0.15) is 15.2 Å². The average molecular weight is 220 g/mol. The molecule has 0 saturated heterocycles. The third-order valence-corrected chi connectivity index (χ3v) is 3.14. The van der Waals surface area contributed by atoms with Gasteiger partial charge in [-0.25, -0.2) is 4.39 Å². The lowest BCUT2D eigenvalue weighted by atomic mass is 10.0. The molecule has 1 aromatic carbocycles. The highest BCUT2D eigenvalue weighted by atomic mass is 32.1. The predicted octanol–water partition coefficient (Wildman–Crippen LogP) is 3.68. The van der Waals surface area contributed by atoms with Gasteiger partial charge in [-0.2, -0.15) is 0 Å². The van der Waals surface area contributed by atoms with Crippen LogP contribution in [-0.4, -0.2) is 6.29 Å². The van der Waals surface area contributed by atoms with E-state index in [1.165, 1.54) is 10.9 Å². The summed E-state index contributed by atoms with van der Waals surface area (Å²) in [4.78, 5) is 11.8. The summed E-state index contributed by atoms with van der Waals surface area (Å²) in [6.07, 6.45) is 0.542. The SMILES string of the molecule is Cc1sccc1-c1ccc(F)c(C=O)c1. The van der Waals surface area contributed by atoms with E-state index in [-0.39, 0.29) is 5.56 Å². The van der Waals surface area contributed by atoms with Crippen LogP contribution in [-0.2, 0) is 0 Å². The molecule has 0 atom stereocenters. The van der Waals surface area contributed by atoms with Gasteiger partial charge in [0.05, 0.1) is 5.56 Å². The van der Waals surface area contributed by atoms with Crippen molar-refractivity contribution in [3.05, 3.63) is 45.9 Å². The second-order valence-corrected chi connectivity index (χ2v) is 4.36. The van der Waals surface area contributed by atoms with Gasteiger partial charge in [0.25, 0.3) is 0 Å². The molecule has 0 N–H and O–H groups in total. The van der Waals surface area contributed by atoms with E-state index in [1.54, 1.807) is 23.5 Å². The third kappa shape index (κ3) is 1.83. The zero-order chi connectivity index (χ0) is 10.8. The minimum absolute atomic E-state index is 0.109. The Bertz CT molecular complexity index is 502. The van der Waals surface area contributed by atoms with E-state index in [0.717, 1.165) is 11.1 Å². The minimum Gasteiger partial charge on any atom is -0.298 e. The van der Waals surface area contributed by atoms with Crippen LogP contribution in [0.3, 0.4) is 0 Å². The van der Waals surface area contributed by atoms with Gasteiger partial charge in [-0.15, -0.1) is 11.3 Å². The lowest BCUT2D eigenvalue weighted by Gasteiger charge is -2.02. The lowest BCUT2D eigenvalue weighted by molar-refractivity contribution is 0.112. The molecular formula is C12H9FOS. The number of rotatable bonds is 2. The number of hydrogen-bond donors (Lipinski definition) is 0. The van der Waals surface area contributed by atoms with Crippen LogP contribution < -0.4 is 0 Å². The monoisotopic (exact) mass is 220 g/mol. The number of carbonyl (C=O) groups excluding carboxylic acids is 1. The molecule has 0 amide bonds. The second kappa shape index (κ2) is 3.95. The van der Waals surface area contributed by atoms with Gasteiger partial charge in [0.15, 0.2) is 6.29 Å². The summed E-state index contributed by atoms with van der Waals surface area (Å²) in [5.74, 6) is -0.471. The molecule has 0 aliphatic rings. The Labute approximate surface area is 91.2 Å². The summed E-state index contributed by atoms with van der Waals surface area (Å²) < 4.78 is 13.1. The molecule has 2 aromatic rings. The van der Waals surface area contributed by atoms with Crippen LogP contribution >= 0.6 is 11.3 Å². The van der Waals surface area contributed by atoms with Crippen molar-refractivity contribution < 1.29 is 9.18 Å². The molecule has 0 radical (unpaired) electrons. The first-order valence-electron chi connectivity index (χ1n) is 4.51. The molecule has 0 aliphatic carbocycles. The van der Waals surface area contributed by atoms with Crippen molar-refractivity contribution in [3.63, 3.8) is 0 Å². The number of halogens is 1. The van der Waals surface area contributed by atoms with Gasteiger partial charge in [-0.1, -0.05) is 6.07 Å². The summed E-state index contributed by atoms with van der Waals surface area (Å²) in [6.45, 7) is 2.00. The molecule has 15 heavy (non-hydrogen) atoms. The van der Waals surface area contributed by atoms with Gasteiger partial charge >= 0.3 is 0 Å². The van der Waals surface area contributed by atoms with Gasteiger partial charge in [-0.3, -0.25) is 4.79 Å². The molecule has 0 saturated carbocycles. The Morgan fingerprint density at radius 1 is 1.33 bits per heavy atom. The third-order valence-electron chi connectivity index (χ3n) is 2.29. The fourth-order valence-electron chi connectivity index (χ4n) is 1.49. The Hall–Kier alpha value is -1.48. The quantitative estimate of drug-likeness (QED) is 0.706. The van der Waals surface area contributed by atoms with Crippen LogP contribution in [0.5, 0.6) is 0 Å². The molecule has 0 spiro atoms. The van der Waals surface area contributed by atoms with E-state index < -0.39 is 5.82 Å². The first-order valence-corrected chi connectivity index (χ1v) is 5.39. The normalized spacial score (nSPS) is 10.3. The molecule has 1 heterocycles. The van der Waals surface area contributed by atoms with Gasteiger partial charge in [-0.05, 0) is 41.6 Å². The number of aryl methyl sites for hydroxylation is 1. The van der Waals surface area contributed by atoms with E-state index in [1.807, 2.05) is 18.4 Å². The van der Waals surface area contributed by atoms with Crippen LogP contribution in [0.4, 0.5) is 4.39 Å². The molecule has 2 rings (SSSR count). The van der Waals surface area contributed by atoms with Crippen molar-refractivity contribution in [1.29, 1.82) is 0 Å². The fraction of sp³-hybridized carbons (Fsp3) is 0.0833. The Kier molecular flexibility index (Phi) is 2.64. The van der Waals surface area contributed by atoms with Crippen molar-refractivity contribution >= 4 is 17.6 Å². The zero-order valence-corrected chi connectivity index (χ0v) is 8.98. The minimum atomic E-state index is -0.471. The van der Waals surface area contributed by atoms with Gasteiger partial charge in [0.1, 0.15) is 5.82 Å². The van der Waals surface area contributed by atoms with Crippen LogP contribution in [0.25, 0.3) is 11.1 Å². The maximum Gasteiger partial charge on any atom is 0.153 e. The van der Waals surface area contributed by atoms with E-state index in [2.05, 4.69) is 0 Å². The highest BCUT2D eigenvalue weighted by Gasteiger charge is 2.06. The highest BCUT2D eigenvalue weighted by molar-refractivity contribution is 7.10. The maximum atomic E-state index is 13.1. The highest BCUT2D eigenvalue weighted by Crippen LogP contribution is 2.28. The van der Waals surface area contributed by atoms with Crippen molar-refractivity contribution in [2.24, 2.45) is 0 Å². The fourth-order valence-corrected chi connectivity index (χ4v) is 2.21. The summed E-state index contributed by atoms with van der Waals surface area (Å²) >= 11 is 1.63. The summed E-state index contributed by atoms with van der Waals surface area (Å²) in [7, 11) is 0. The number of hydrogen-bond acceptors (Lipinski definition) is 2. The number of aldehydes is 1. The van der Waals surface area contributed by atoms with E-state index in [0.29, 0.717) is 6.29 Å². The number of carbonyl (C=O) groups is 1. The van der Waals surface area contributed by atoms with Gasteiger partial charge < -0.3 is 0 Å². The van der Waals surface area contributed by atoms with E-state index >= 15 is 0 Å². The van der Waals surface area contributed by atoms with E-state index in [4.69, 9.17) is 0 Å². The molecule has 0 aliphatic heterocycles. The number of thiophene rings is 1. The van der Waals surface area contributed by atoms with Crippen molar-refractivity contribution in [3.8, 4) is 11.1 Å². The first-order chi connectivity index (χ1) is 7.22. The van der Waals surface area contributed by atoms with E-state index in [9.17, 15) is 9.18 Å². The van der Waals surface area contributed by atoms with Crippen molar-refractivity contribution in [2.75, 3.05) is 0 Å². The lowest BCUT2D eigenvalue weighted by Crippen LogP contribution is -1.88. The Morgan fingerprint density at radius 3 is 2.73 bits per heavy atom. The largest absolute Gasteiger partial charge is 0.298 e. The average Bonchev–Trinajstić information content (AvgIpc) is 2.65. The first kappa shape index (κ1) is 10.1. The molecule has 0 bridgehead atoms. The van der Waals surface area contributed by atoms with Gasteiger partial charge in [0.2, 0.25) is 0 Å². The topological polar surface area (TPSA) is 17.1 Å². The smallest absolute Gasteiger partial charge is 0.153 e. The standard InChI is InChI=1S/C12H9FOS/c1-8-11(4-5-15-8)9-2-3-12(13)10(6-9)7-14/h2-7H,1H3. The molecule has 1 aromatic heterocycles. The summed E-state index contributed by atoms with van der Waals surface area (Å²) in [5, 5.41) is 1.98. The number of benzene rings is 1. The molecule has 0 unspecified atom stereocenters. The molecular weight excluding hydrogens is 211 g/mol. The van der Waals surface area contributed by atoms with Crippen LogP contribution in [0.15, 0.2) is 29.6 Å². The van der Waals surface area contributed by atoms with Crippen LogP contribution in [0, 0.1) is 12.7 Å². The van der Waals surface area contributed by atoms with Crippen molar-refractivity contribution in [2.45, 2.75) is 6.92 Å². The summed E-state index contributed by atoms with van der Waals surface area (Å²) in [6, 6.07) is 6.58. The zero-order valence-electron chi connectivity index (χ0n) is 8.16. The molecule has 76 valence electrons. The predicted molar refractivity (Wildman–Crippen MR) is 59.8 cm³/mol. The van der Waals surface area contributed by atoms with Gasteiger partial charge in [0, 0.05) is 4.88 Å². The second-order valence-electron chi connectivity index (χ2n) is 3.24. The Balaban J connectivity index is 2.55. The molecule has 3 heteroatoms. The summed E-state index contributed by atoms with van der Waals surface area (Å²) in [5.41, 5.74) is 2.05. The molecule has 1 nitrogen and oxygen atoms in total. The molecule has 0 fully saturated rings.